The monoisotopic (exact) mass is 371 g/mol. The Bertz CT molecular complexity index is 533. The molecular formula is C15H22BrN3O3. The number of piperazine rings is 1. The van der Waals surface area contributed by atoms with E-state index in [1.165, 1.54) is 6.07 Å². The van der Waals surface area contributed by atoms with Crippen molar-refractivity contribution in [3.63, 3.8) is 0 Å². The molecule has 1 aromatic rings. The van der Waals surface area contributed by atoms with Gasteiger partial charge in [-0.1, -0.05) is 35.7 Å². The van der Waals surface area contributed by atoms with E-state index in [9.17, 15) is 15.2 Å². The predicted octanol–water partition coefficient (Wildman–Crippen LogP) is 3.20. The molecule has 22 heavy (non-hydrogen) atoms. The summed E-state index contributed by atoms with van der Waals surface area (Å²) in [6.07, 6.45) is 2.96. The van der Waals surface area contributed by atoms with Crippen LogP contribution in [0, 0.1) is 10.1 Å². The van der Waals surface area contributed by atoms with Crippen LogP contribution in [0.1, 0.15) is 37.8 Å². The number of benzene rings is 1. The first-order chi connectivity index (χ1) is 10.5. The molecule has 0 spiro atoms. The van der Waals surface area contributed by atoms with Crippen LogP contribution in [0.4, 0.5) is 5.69 Å². The van der Waals surface area contributed by atoms with Crippen molar-refractivity contribution >= 4 is 21.6 Å². The number of nitro benzene ring substituents is 1. The third kappa shape index (κ3) is 3.97. The van der Waals surface area contributed by atoms with E-state index in [0.717, 1.165) is 45.4 Å². The van der Waals surface area contributed by atoms with Gasteiger partial charge < -0.3 is 10.4 Å². The number of phenolic OH excluding ortho intramolecular Hbond substituents is 1. The van der Waals surface area contributed by atoms with E-state index in [1.807, 2.05) is 6.07 Å². The first kappa shape index (κ1) is 17.2. The highest BCUT2D eigenvalue weighted by Crippen LogP contribution is 2.40. The van der Waals surface area contributed by atoms with Gasteiger partial charge in [-0.3, -0.25) is 15.0 Å². The van der Waals surface area contributed by atoms with Gasteiger partial charge in [-0.25, -0.2) is 0 Å². The van der Waals surface area contributed by atoms with Crippen molar-refractivity contribution in [3.8, 4) is 5.75 Å². The smallest absolute Gasteiger partial charge is 0.312 e. The normalized spacial score (nSPS) is 17.4. The summed E-state index contributed by atoms with van der Waals surface area (Å²) in [6.45, 7) is 5.69. The summed E-state index contributed by atoms with van der Waals surface area (Å²) >= 11 is 3.33. The molecule has 1 aliphatic rings. The summed E-state index contributed by atoms with van der Waals surface area (Å²) < 4.78 is 0.628. The third-order valence-corrected chi connectivity index (χ3v) is 4.52. The van der Waals surface area contributed by atoms with Crippen LogP contribution in [0.25, 0.3) is 0 Å². The Kier molecular flexibility index (Phi) is 6.16. The Morgan fingerprint density at radius 1 is 1.45 bits per heavy atom. The van der Waals surface area contributed by atoms with Crippen LogP contribution in [0.5, 0.6) is 5.75 Å². The average molecular weight is 372 g/mol. The molecule has 122 valence electrons. The molecule has 2 N–H and O–H groups in total. The topological polar surface area (TPSA) is 78.6 Å². The molecule has 0 radical (unpaired) electrons. The number of unbranched alkanes of at least 4 members (excludes halogenated alkanes) is 1. The molecule has 7 heteroatoms. The number of nitrogens with zero attached hydrogens (tertiary/aromatic N) is 2. The highest BCUT2D eigenvalue weighted by molar-refractivity contribution is 9.10. The molecule has 0 aliphatic carbocycles. The number of aromatic hydroxyl groups is 1. The lowest BCUT2D eigenvalue weighted by atomic mass is 9.97. The number of nitrogens with one attached hydrogen (secondary N) is 1. The Morgan fingerprint density at radius 3 is 2.73 bits per heavy atom. The fourth-order valence-electron chi connectivity index (χ4n) is 2.92. The minimum Gasteiger partial charge on any atom is -0.502 e. The van der Waals surface area contributed by atoms with Crippen LogP contribution in [0.2, 0.25) is 0 Å². The van der Waals surface area contributed by atoms with Crippen molar-refractivity contribution in [2.24, 2.45) is 0 Å². The second-order valence-electron chi connectivity index (χ2n) is 5.56. The number of halogens is 1. The molecule has 1 aromatic carbocycles. The van der Waals surface area contributed by atoms with E-state index in [1.54, 1.807) is 0 Å². The fourth-order valence-corrected chi connectivity index (χ4v) is 3.39. The maximum absolute atomic E-state index is 11.1. The Morgan fingerprint density at radius 2 is 2.14 bits per heavy atom. The lowest BCUT2D eigenvalue weighted by Gasteiger charge is -2.35. The molecule has 2 rings (SSSR count). The van der Waals surface area contributed by atoms with Crippen LogP contribution in [0.3, 0.4) is 0 Å². The summed E-state index contributed by atoms with van der Waals surface area (Å²) in [7, 11) is 0. The van der Waals surface area contributed by atoms with Gasteiger partial charge in [0.15, 0.2) is 5.75 Å². The molecule has 1 heterocycles. The molecule has 1 saturated heterocycles. The van der Waals surface area contributed by atoms with Crippen molar-refractivity contribution in [1.29, 1.82) is 0 Å². The van der Waals surface area contributed by atoms with Gasteiger partial charge in [0.2, 0.25) is 0 Å². The van der Waals surface area contributed by atoms with Crippen LogP contribution in [-0.2, 0) is 0 Å². The minimum absolute atomic E-state index is 0.0123. The lowest BCUT2D eigenvalue weighted by Crippen LogP contribution is -2.45. The molecule has 0 saturated carbocycles. The van der Waals surface area contributed by atoms with E-state index >= 15 is 0 Å². The zero-order valence-corrected chi connectivity index (χ0v) is 14.3. The molecule has 0 amide bonds. The van der Waals surface area contributed by atoms with E-state index < -0.39 is 4.92 Å². The zero-order valence-electron chi connectivity index (χ0n) is 12.7. The number of rotatable bonds is 6. The molecule has 0 aromatic heterocycles. The molecule has 6 nitrogen and oxygen atoms in total. The summed E-state index contributed by atoms with van der Waals surface area (Å²) in [4.78, 5) is 12.9. The fraction of sp³-hybridized carbons (Fsp3) is 0.600. The highest BCUT2D eigenvalue weighted by atomic mass is 79.9. The predicted molar refractivity (Wildman–Crippen MR) is 89.2 cm³/mol. The van der Waals surface area contributed by atoms with E-state index in [0.29, 0.717) is 10.0 Å². The van der Waals surface area contributed by atoms with Gasteiger partial charge in [0.25, 0.3) is 0 Å². The minimum atomic E-state index is -0.530. The largest absolute Gasteiger partial charge is 0.502 e. The summed E-state index contributed by atoms with van der Waals surface area (Å²) in [5.41, 5.74) is 0.414. The average Bonchev–Trinajstić information content (AvgIpc) is 2.51. The van der Waals surface area contributed by atoms with Crippen molar-refractivity contribution in [2.45, 2.75) is 32.2 Å². The van der Waals surface area contributed by atoms with Gasteiger partial charge in [0.05, 0.1) is 4.92 Å². The third-order valence-electron chi connectivity index (χ3n) is 4.06. The molecule has 1 atom stereocenters. The van der Waals surface area contributed by atoms with Gasteiger partial charge in [0.1, 0.15) is 0 Å². The summed E-state index contributed by atoms with van der Waals surface area (Å²) in [5, 5.41) is 24.8. The lowest BCUT2D eigenvalue weighted by molar-refractivity contribution is -0.386. The van der Waals surface area contributed by atoms with Crippen LogP contribution in [-0.4, -0.2) is 41.1 Å². The number of nitro groups is 1. The first-order valence-corrected chi connectivity index (χ1v) is 8.45. The zero-order chi connectivity index (χ0) is 16.1. The Labute approximate surface area is 138 Å². The second kappa shape index (κ2) is 7.89. The van der Waals surface area contributed by atoms with Gasteiger partial charge >= 0.3 is 5.69 Å². The van der Waals surface area contributed by atoms with Crippen LogP contribution < -0.4 is 5.32 Å². The standard InChI is InChI=1S/C15H22BrN3O3/c1-2-3-4-13(18-7-5-17-6-8-18)12-9-11(16)10-14(15(12)20)19(21)22/h9-10,13,17,20H,2-8H2,1H3/t13-/m0/s1. The number of phenols is 1. The molecule has 0 bridgehead atoms. The van der Waals surface area contributed by atoms with Crippen LogP contribution in [0.15, 0.2) is 16.6 Å². The first-order valence-electron chi connectivity index (χ1n) is 7.66. The van der Waals surface area contributed by atoms with Crippen molar-refractivity contribution in [1.82, 2.24) is 10.2 Å². The molecule has 1 fully saturated rings. The quantitative estimate of drug-likeness (QED) is 0.592. The maximum Gasteiger partial charge on any atom is 0.312 e. The van der Waals surface area contributed by atoms with E-state index in [4.69, 9.17) is 0 Å². The highest BCUT2D eigenvalue weighted by Gasteiger charge is 2.28. The van der Waals surface area contributed by atoms with Crippen molar-refractivity contribution in [2.75, 3.05) is 26.2 Å². The summed E-state index contributed by atoms with van der Waals surface area (Å²) in [5.74, 6) is -0.201. The molecular weight excluding hydrogens is 350 g/mol. The second-order valence-corrected chi connectivity index (χ2v) is 6.48. The molecule has 0 unspecified atom stereocenters. The van der Waals surface area contributed by atoms with Crippen molar-refractivity contribution in [3.05, 3.63) is 32.3 Å². The Hall–Kier alpha value is -1.18. The Balaban J connectivity index is 2.39. The molecule has 1 aliphatic heterocycles. The number of hydrogen-bond acceptors (Lipinski definition) is 5. The summed E-state index contributed by atoms with van der Waals surface area (Å²) in [6, 6.07) is 3.18. The maximum atomic E-state index is 11.1. The van der Waals surface area contributed by atoms with E-state index in [-0.39, 0.29) is 17.5 Å². The number of hydrogen-bond donors (Lipinski definition) is 2. The van der Waals surface area contributed by atoms with Gasteiger partial charge in [-0.15, -0.1) is 0 Å². The van der Waals surface area contributed by atoms with Gasteiger partial charge in [-0.05, 0) is 12.5 Å². The SMILES string of the molecule is CCCC[C@@H](c1cc(Br)cc([N+](=O)[O-])c1O)N1CCNCC1. The van der Waals surface area contributed by atoms with E-state index in [2.05, 4.69) is 33.1 Å². The van der Waals surface area contributed by atoms with Crippen LogP contribution >= 0.6 is 15.9 Å². The van der Waals surface area contributed by atoms with Crippen molar-refractivity contribution < 1.29 is 10.0 Å². The van der Waals surface area contributed by atoms with Gasteiger partial charge in [0, 0.05) is 48.3 Å². The van der Waals surface area contributed by atoms with Gasteiger partial charge in [-0.2, -0.15) is 0 Å².